The highest BCUT2D eigenvalue weighted by molar-refractivity contribution is 7.15. The number of aromatic carboxylic acids is 1. The van der Waals surface area contributed by atoms with Crippen LogP contribution in [0.1, 0.15) is 20.1 Å². The monoisotopic (exact) mass is 313 g/mol. The Bertz CT molecular complexity index is 848. The number of carbonyl (C=O) groups is 1. The Morgan fingerprint density at radius 1 is 1.19 bits per heavy atom. The third-order valence-electron chi connectivity index (χ3n) is 3.63. The fraction of sp³-hybridized carbons (Fsp3) is 0.125. The average molecular weight is 313 g/mol. The van der Waals surface area contributed by atoms with Gasteiger partial charge >= 0.3 is 5.97 Å². The van der Waals surface area contributed by atoms with Crippen LogP contribution in [0.4, 0.5) is 0 Å². The van der Waals surface area contributed by atoms with Gasteiger partial charge in [0, 0.05) is 20.9 Å². The molecule has 4 rings (SSSR count). The van der Waals surface area contributed by atoms with E-state index in [0.29, 0.717) is 5.56 Å². The van der Waals surface area contributed by atoms with Crippen LogP contribution < -0.4 is 0 Å². The number of nitrogens with zero attached hydrogens (tertiary/aromatic N) is 1. The van der Waals surface area contributed by atoms with Gasteiger partial charge in [0.05, 0.1) is 11.3 Å². The van der Waals surface area contributed by atoms with Crippen LogP contribution in [0.5, 0.6) is 0 Å². The van der Waals surface area contributed by atoms with Crippen LogP contribution in [0.15, 0.2) is 35.7 Å². The van der Waals surface area contributed by atoms with Crippen LogP contribution in [-0.4, -0.2) is 16.1 Å². The summed E-state index contributed by atoms with van der Waals surface area (Å²) >= 11 is 3.46. The third kappa shape index (κ3) is 2.09. The molecule has 2 heterocycles. The lowest BCUT2D eigenvalue weighted by atomic mass is 10.0. The van der Waals surface area contributed by atoms with E-state index in [-0.39, 0.29) is 0 Å². The van der Waals surface area contributed by atoms with E-state index >= 15 is 0 Å². The van der Waals surface area contributed by atoms with Gasteiger partial charge in [-0.3, -0.25) is 0 Å². The zero-order valence-electron chi connectivity index (χ0n) is 11.0. The third-order valence-corrected chi connectivity index (χ3v) is 5.78. The summed E-state index contributed by atoms with van der Waals surface area (Å²) in [4.78, 5) is 18.6. The second-order valence-electron chi connectivity index (χ2n) is 4.93. The summed E-state index contributed by atoms with van der Waals surface area (Å²) in [5, 5.41) is 12.1. The normalized spacial score (nSPS) is 12.8. The molecule has 0 spiro atoms. The first-order valence-corrected chi connectivity index (χ1v) is 8.32. The van der Waals surface area contributed by atoms with Gasteiger partial charge in [0.15, 0.2) is 0 Å². The van der Waals surface area contributed by atoms with Crippen LogP contribution in [0.25, 0.3) is 21.8 Å². The lowest BCUT2D eigenvalue weighted by molar-refractivity contribution is 0.0697. The summed E-state index contributed by atoms with van der Waals surface area (Å²) in [7, 11) is 0. The van der Waals surface area contributed by atoms with Crippen LogP contribution in [0.2, 0.25) is 0 Å². The molecular weight excluding hydrogens is 302 g/mol. The van der Waals surface area contributed by atoms with Crippen molar-refractivity contribution in [2.24, 2.45) is 0 Å². The molecule has 3 aromatic rings. The van der Waals surface area contributed by atoms with Gasteiger partial charge in [0.2, 0.25) is 0 Å². The Hall–Kier alpha value is -1.98. The van der Waals surface area contributed by atoms with Gasteiger partial charge in [0.1, 0.15) is 5.01 Å². The summed E-state index contributed by atoms with van der Waals surface area (Å²) in [5.41, 5.74) is 3.51. The molecule has 0 amide bonds. The number of thiophene rings is 1. The number of aromatic nitrogens is 1. The lowest BCUT2D eigenvalue weighted by Gasteiger charge is -2.09. The van der Waals surface area contributed by atoms with Crippen molar-refractivity contribution in [2.75, 3.05) is 0 Å². The Morgan fingerprint density at radius 2 is 2.05 bits per heavy atom. The van der Waals surface area contributed by atoms with Gasteiger partial charge in [0.25, 0.3) is 0 Å². The number of fused-ring (bicyclic) bond motifs is 3. The maximum Gasteiger partial charge on any atom is 0.335 e. The highest BCUT2D eigenvalue weighted by Crippen LogP contribution is 2.41. The Morgan fingerprint density at radius 3 is 2.90 bits per heavy atom. The molecule has 5 heteroatoms. The molecule has 0 saturated carbocycles. The minimum Gasteiger partial charge on any atom is -0.478 e. The molecule has 1 N–H and O–H groups in total. The number of rotatable bonds is 2. The Balaban J connectivity index is 1.82. The first-order chi connectivity index (χ1) is 10.2. The molecule has 1 aromatic carbocycles. The summed E-state index contributed by atoms with van der Waals surface area (Å²) < 4.78 is 0. The maximum absolute atomic E-state index is 11.1. The van der Waals surface area contributed by atoms with Crippen LogP contribution in [0.3, 0.4) is 0 Å². The van der Waals surface area contributed by atoms with E-state index < -0.39 is 5.97 Å². The van der Waals surface area contributed by atoms with Crippen LogP contribution in [-0.2, 0) is 12.8 Å². The Labute approximate surface area is 129 Å². The first kappa shape index (κ1) is 12.7. The van der Waals surface area contributed by atoms with Gasteiger partial charge < -0.3 is 5.11 Å². The number of aryl methyl sites for hydroxylation is 2. The maximum atomic E-state index is 11.1. The highest BCUT2D eigenvalue weighted by atomic mass is 32.1. The van der Waals surface area contributed by atoms with E-state index in [1.54, 1.807) is 40.9 Å². The average Bonchev–Trinajstić information content (AvgIpc) is 3.12. The van der Waals surface area contributed by atoms with Gasteiger partial charge in [-0.05, 0) is 36.4 Å². The topological polar surface area (TPSA) is 50.2 Å². The zero-order valence-corrected chi connectivity index (χ0v) is 12.6. The molecule has 1 aliphatic rings. The van der Waals surface area contributed by atoms with Crippen molar-refractivity contribution in [3.8, 4) is 21.8 Å². The number of thiazole rings is 1. The number of benzene rings is 1. The van der Waals surface area contributed by atoms with E-state index in [0.717, 1.165) is 29.1 Å². The van der Waals surface area contributed by atoms with E-state index in [1.165, 1.54) is 15.3 Å². The molecule has 3 nitrogen and oxygen atoms in total. The van der Waals surface area contributed by atoms with E-state index in [9.17, 15) is 4.79 Å². The second kappa shape index (κ2) is 4.79. The summed E-state index contributed by atoms with van der Waals surface area (Å²) in [6.07, 6.45) is 2.11. The van der Waals surface area contributed by atoms with Crippen molar-refractivity contribution >= 4 is 28.6 Å². The van der Waals surface area contributed by atoms with E-state index in [2.05, 4.69) is 11.4 Å². The molecule has 0 unspecified atom stereocenters. The number of carboxylic acids is 1. The minimum atomic E-state index is -0.904. The van der Waals surface area contributed by atoms with Gasteiger partial charge in [-0.15, -0.1) is 22.7 Å². The molecule has 0 aliphatic heterocycles. The number of carboxylic acid groups (broad SMARTS) is 1. The number of hydrogen-bond acceptors (Lipinski definition) is 4. The van der Waals surface area contributed by atoms with Crippen molar-refractivity contribution in [1.29, 1.82) is 0 Å². The van der Waals surface area contributed by atoms with Crippen molar-refractivity contribution < 1.29 is 9.90 Å². The van der Waals surface area contributed by atoms with E-state index in [4.69, 9.17) is 10.1 Å². The first-order valence-electron chi connectivity index (χ1n) is 6.62. The molecule has 0 bridgehead atoms. The quantitative estimate of drug-likeness (QED) is 0.766. The summed E-state index contributed by atoms with van der Waals surface area (Å²) in [6, 6.07) is 9.13. The van der Waals surface area contributed by atoms with Crippen molar-refractivity contribution in [1.82, 2.24) is 4.98 Å². The molecule has 104 valence electrons. The van der Waals surface area contributed by atoms with Gasteiger partial charge in [-0.25, -0.2) is 9.78 Å². The second-order valence-corrected chi connectivity index (χ2v) is 7.02. The molecule has 0 radical (unpaired) electrons. The summed E-state index contributed by atoms with van der Waals surface area (Å²) in [5.74, 6) is -0.904. The summed E-state index contributed by atoms with van der Waals surface area (Å²) in [6.45, 7) is 0. The molecule has 0 saturated heterocycles. The Kier molecular flexibility index (Phi) is 2.90. The van der Waals surface area contributed by atoms with Crippen molar-refractivity contribution in [2.45, 2.75) is 12.8 Å². The van der Waals surface area contributed by atoms with Crippen molar-refractivity contribution in [3.63, 3.8) is 0 Å². The lowest BCUT2D eigenvalue weighted by Crippen LogP contribution is -1.97. The smallest absolute Gasteiger partial charge is 0.335 e. The van der Waals surface area contributed by atoms with E-state index in [1.807, 2.05) is 6.07 Å². The fourth-order valence-electron chi connectivity index (χ4n) is 2.61. The molecular formula is C16H11NO2S2. The molecule has 0 fully saturated rings. The van der Waals surface area contributed by atoms with Gasteiger partial charge in [-0.1, -0.05) is 12.1 Å². The predicted octanol–water partition coefficient (Wildman–Crippen LogP) is 4.34. The fourth-order valence-corrected chi connectivity index (χ4v) is 4.56. The zero-order chi connectivity index (χ0) is 14.4. The standard InChI is InChI=1S/C16H11NO2S2/c18-16(19)10-3-1-2-9(8-10)15-17-14-11-6-7-20-12(11)4-5-13(14)21-15/h1-3,6-8H,4-5H2,(H,18,19). The SMILES string of the molecule is O=C(O)c1cccc(-c2nc3c(s2)CCc2sccc2-3)c1. The predicted molar refractivity (Wildman–Crippen MR) is 85.2 cm³/mol. The molecule has 2 aromatic heterocycles. The van der Waals surface area contributed by atoms with Crippen molar-refractivity contribution in [3.05, 3.63) is 51.0 Å². The highest BCUT2D eigenvalue weighted by Gasteiger charge is 2.22. The van der Waals surface area contributed by atoms with Gasteiger partial charge in [-0.2, -0.15) is 0 Å². The largest absolute Gasteiger partial charge is 0.478 e. The minimum absolute atomic E-state index is 0.303. The van der Waals surface area contributed by atoms with Crippen LogP contribution >= 0.6 is 22.7 Å². The number of hydrogen-bond donors (Lipinski definition) is 1. The molecule has 1 aliphatic carbocycles. The molecule has 21 heavy (non-hydrogen) atoms. The molecule has 0 atom stereocenters. The van der Waals surface area contributed by atoms with Crippen LogP contribution in [0, 0.1) is 0 Å².